The third-order valence-corrected chi connectivity index (χ3v) is 11.4. The molecule has 4 nitrogen and oxygen atoms in total. The van der Waals surface area contributed by atoms with Crippen LogP contribution >= 0.6 is 15.9 Å². The third kappa shape index (κ3) is 4.59. The van der Waals surface area contributed by atoms with Crippen molar-refractivity contribution in [2.45, 2.75) is 109 Å². The van der Waals surface area contributed by atoms with Crippen molar-refractivity contribution in [3.8, 4) is 0 Å². The molecule has 2 saturated carbocycles. The van der Waals surface area contributed by atoms with Crippen LogP contribution in [0.3, 0.4) is 0 Å². The molecule has 4 rings (SSSR count). The lowest BCUT2D eigenvalue weighted by atomic mass is 9.46. The number of carboxylic acid groups (broad SMARTS) is 1. The van der Waals surface area contributed by atoms with E-state index < -0.39 is 17.7 Å². The summed E-state index contributed by atoms with van der Waals surface area (Å²) in [5, 5.41) is 30.3. The van der Waals surface area contributed by atoms with Gasteiger partial charge in [0, 0.05) is 10.2 Å². The van der Waals surface area contributed by atoms with Gasteiger partial charge in [0.05, 0.1) is 18.1 Å². The molecule has 0 aromatic carbocycles. The number of carbonyl (C=O) groups is 1. The summed E-state index contributed by atoms with van der Waals surface area (Å²) in [4.78, 5) is 12.0. The highest BCUT2D eigenvalue weighted by molar-refractivity contribution is 9.09. The molecule has 3 N–H and O–H groups in total. The summed E-state index contributed by atoms with van der Waals surface area (Å²) < 4.78 is 0. The number of allylic oxidation sites excluding steroid dienone is 1. The first kappa shape index (κ1) is 26.4. The van der Waals surface area contributed by atoms with Gasteiger partial charge in [0.2, 0.25) is 0 Å². The van der Waals surface area contributed by atoms with E-state index in [9.17, 15) is 20.1 Å². The lowest BCUT2D eigenvalue weighted by molar-refractivity contribution is -0.136. The maximum atomic E-state index is 11.7. The first-order valence-corrected chi connectivity index (χ1v) is 14.4. The largest absolute Gasteiger partial charge is 0.481 e. The Labute approximate surface area is 214 Å². The van der Waals surface area contributed by atoms with Gasteiger partial charge in [-0.25, -0.2) is 0 Å². The summed E-state index contributed by atoms with van der Waals surface area (Å²) in [6.07, 6.45) is 12.2. The highest BCUT2D eigenvalue weighted by Crippen LogP contribution is 2.68. The molecule has 1 unspecified atom stereocenters. The van der Waals surface area contributed by atoms with Crippen molar-refractivity contribution < 1.29 is 20.1 Å². The van der Waals surface area contributed by atoms with Crippen LogP contribution in [0, 0.1) is 40.4 Å². The first-order valence-electron chi connectivity index (χ1n) is 13.5. The molecule has 5 heteroatoms. The van der Waals surface area contributed by atoms with Gasteiger partial charge in [-0.3, -0.25) is 4.79 Å². The Kier molecular flexibility index (Phi) is 7.25. The van der Waals surface area contributed by atoms with Crippen LogP contribution < -0.4 is 0 Å². The summed E-state index contributed by atoms with van der Waals surface area (Å²) in [6, 6.07) is 0. The quantitative estimate of drug-likeness (QED) is 0.256. The van der Waals surface area contributed by atoms with Gasteiger partial charge in [0.1, 0.15) is 0 Å². The van der Waals surface area contributed by atoms with E-state index in [1.54, 1.807) is 0 Å². The zero-order valence-corrected chi connectivity index (χ0v) is 23.3. The second-order valence-corrected chi connectivity index (χ2v) is 14.1. The first-order chi connectivity index (χ1) is 15.8. The molecule has 4 aliphatic rings. The number of hydrogen-bond donors (Lipinski definition) is 3. The Morgan fingerprint density at radius 1 is 1.21 bits per heavy atom. The van der Waals surface area contributed by atoms with E-state index in [-0.39, 0.29) is 16.7 Å². The van der Waals surface area contributed by atoms with Crippen molar-refractivity contribution in [1.82, 2.24) is 0 Å². The van der Waals surface area contributed by atoms with E-state index in [2.05, 4.69) is 42.8 Å². The molecule has 0 bridgehead atoms. The molecule has 0 aromatic heterocycles. The molecule has 9 atom stereocenters. The van der Waals surface area contributed by atoms with Crippen LogP contribution in [0.1, 0.15) is 92.4 Å². The molecule has 2 fully saturated rings. The number of aliphatic hydroxyl groups excluding tert-OH is 1. The van der Waals surface area contributed by atoms with Crippen molar-refractivity contribution in [2.24, 2.45) is 40.4 Å². The van der Waals surface area contributed by atoms with E-state index >= 15 is 0 Å². The fraction of sp³-hybridized carbons (Fsp3) is 0.828. The fourth-order valence-electron chi connectivity index (χ4n) is 8.88. The van der Waals surface area contributed by atoms with Crippen LogP contribution in [0.2, 0.25) is 0 Å². The monoisotopic (exact) mass is 536 g/mol. The molecule has 0 saturated heterocycles. The van der Waals surface area contributed by atoms with Crippen LogP contribution in [0.5, 0.6) is 0 Å². The van der Waals surface area contributed by atoms with Gasteiger partial charge in [-0.05, 0) is 87.4 Å². The predicted octanol–water partition coefficient (Wildman–Crippen LogP) is 6.50. The van der Waals surface area contributed by atoms with Crippen LogP contribution in [-0.2, 0) is 4.79 Å². The predicted molar refractivity (Wildman–Crippen MR) is 140 cm³/mol. The maximum absolute atomic E-state index is 11.7. The van der Waals surface area contributed by atoms with Crippen molar-refractivity contribution >= 4 is 21.9 Å². The molecule has 4 aliphatic carbocycles. The van der Waals surface area contributed by atoms with Crippen LogP contribution in [0.25, 0.3) is 0 Å². The topological polar surface area (TPSA) is 77.8 Å². The highest BCUT2D eigenvalue weighted by atomic mass is 79.9. The minimum Gasteiger partial charge on any atom is -0.481 e. The van der Waals surface area contributed by atoms with Gasteiger partial charge < -0.3 is 15.3 Å². The van der Waals surface area contributed by atoms with E-state index in [0.717, 1.165) is 24.8 Å². The molecule has 0 aromatic rings. The summed E-state index contributed by atoms with van der Waals surface area (Å²) >= 11 is 4.07. The second-order valence-electron chi connectivity index (χ2n) is 13.1. The molecule has 0 spiro atoms. The van der Waals surface area contributed by atoms with E-state index in [0.29, 0.717) is 41.4 Å². The molecule has 34 heavy (non-hydrogen) atoms. The Morgan fingerprint density at radius 3 is 2.56 bits per heavy atom. The summed E-state index contributed by atoms with van der Waals surface area (Å²) in [5.74, 6) is 2.09. The van der Waals surface area contributed by atoms with Gasteiger partial charge in [0.15, 0.2) is 0 Å². The van der Waals surface area contributed by atoms with Gasteiger partial charge in [-0.1, -0.05) is 72.8 Å². The maximum Gasteiger partial charge on any atom is 0.307 e. The average Bonchev–Trinajstić information content (AvgIpc) is 3.05. The standard InChI is InChI=1S/C29H45BrO4/c1-17(7-6-11-27(2,3)34)21-8-9-22-26-23(10-12-28(21,22)4)29(5)18(15-24(26)30)13-20(31)14-19(29)16-25(32)33/h14-15,17,20-24,26,31,34H,6-13,16H2,1-5H3,(H,32,33)/t17-,20-,21-,22+,23+,24?,26+,28-,29-/m1/s1. The molecule has 0 aliphatic heterocycles. The lowest BCUT2D eigenvalue weighted by Crippen LogP contribution is -2.54. The Morgan fingerprint density at radius 2 is 1.91 bits per heavy atom. The Bertz CT molecular complexity index is 857. The summed E-state index contributed by atoms with van der Waals surface area (Å²) in [6.45, 7) is 11.1. The number of carboxylic acids is 1. The Hall–Kier alpha value is -0.650. The Balaban J connectivity index is 1.59. The normalized spacial score (nSPS) is 42.7. The number of alkyl halides is 1. The van der Waals surface area contributed by atoms with Crippen molar-refractivity contribution in [3.05, 3.63) is 23.3 Å². The van der Waals surface area contributed by atoms with Gasteiger partial charge >= 0.3 is 5.97 Å². The van der Waals surface area contributed by atoms with Gasteiger partial charge in [0.25, 0.3) is 0 Å². The minimum atomic E-state index is -0.806. The van der Waals surface area contributed by atoms with E-state index in [1.807, 2.05) is 19.9 Å². The molecule has 192 valence electrons. The smallest absolute Gasteiger partial charge is 0.307 e. The molecule has 0 amide bonds. The zero-order valence-electron chi connectivity index (χ0n) is 21.7. The van der Waals surface area contributed by atoms with Crippen molar-refractivity contribution in [3.63, 3.8) is 0 Å². The van der Waals surface area contributed by atoms with E-state index in [1.165, 1.54) is 31.3 Å². The van der Waals surface area contributed by atoms with Crippen LogP contribution in [0.4, 0.5) is 0 Å². The highest BCUT2D eigenvalue weighted by Gasteiger charge is 2.61. The van der Waals surface area contributed by atoms with Gasteiger partial charge in [-0.15, -0.1) is 0 Å². The molecular formula is C29H45BrO4. The molecular weight excluding hydrogens is 492 g/mol. The number of fused-ring (bicyclic) bond motifs is 5. The lowest BCUT2D eigenvalue weighted by Gasteiger charge is -2.59. The summed E-state index contributed by atoms with van der Waals surface area (Å²) in [5.41, 5.74) is 1.62. The third-order valence-electron chi connectivity index (χ3n) is 10.5. The number of rotatable bonds is 7. The number of aliphatic carboxylic acids is 1. The second kappa shape index (κ2) is 9.34. The van der Waals surface area contributed by atoms with Crippen LogP contribution in [-0.4, -0.2) is 37.8 Å². The fourth-order valence-corrected chi connectivity index (χ4v) is 9.94. The molecule has 0 radical (unpaired) electrons. The van der Waals surface area contributed by atoms with E-state index in [4.69, 9.17) is 0 Å². The van der Waals surface area contributed by atoms with Crippen molar-refractivity contribution in [1.29, 1.82) is 0 Å². The minimum absolute atomic E-state index is 0.0177. The molecule has 0 heterocycles. The SMILES string of the molecule is C[C@H](CCCC(C)(C)O)[C@H]1CC[C@H]2[C@@H]3C(Br)C=C4C[C@@H](O)C=C(CC(=O)O)[C@]4(C)[C@H]3CC[C@]12C. The number of aliphatic hydroxyl groups is 2. The van der Waals surface area contributed by atoms with Gasteiger partial charge in [-0.2, -0.15) is 0 Å². The number of halogens is 1. The van der Waals surface area contributed by atoms with Crippen molar-refractivity contribution in [2.75, 3.05) is 0 Å². The van der Waals surface area contributed by atoms with Crippen LogP contribution in [0.15, 0.2) is 23.3 Å². The number of hydrogen-bond acceptors (Lipinski definition) is 3. The average molecular weight is 538 g/mol. The summed E-state index contributed by atoms with van der Waals surface area (Å²) in [7, 11) is 0. The zero-order chi connectivity index (χ0) is 25.1.